The first-order valence-corrected chi connectivity index (χ1v) is 18.8. The summed E-state index contributed by atoms with van der Waals surface area (Å²) < 4.78 is 34.1. The van der Waals surface area contributed by atoms with Crippen molar-refractivity contribution >= 4 is 21.6 Å². The second-order valence-corrected chi connectivity index (χ2v) is 15.8. The lowest BCUT2D eigenvalue weighted by Gasteiger charge is -2.36. The van der Waals surface area contributed by atoms with E-state index in [2.05, 4.69) is 84.2 Å². The molecule has 0 saturated heterocycles. The van der Waals surface area contributed by atoms with Gasteiger partial charge in [0.25, 0.3) is 0 Å². The first-order valence-electron chi connectivity index (χ1n) is 17.1. The molecular formula is C37H52N4O4S. The quantitative estimate of drug-likeness (QED) is 0.220. The van der Waals surface area contributed by atoms with Crippen LogP contribution < -0.4 is 14.4 Å². The number of rotatable bonds is 12. The average Bonchev–Trinajstić information content (AvgIpc) is 3.58. The largest absolute Gasteiger partial charge is 0.496 e. The van der Waals surface area contributed by atoms with Gasteiger partial charge >= 0.3 is 0 Å². The van der Waals surface area contributed by atoms with Crippen molar-refractivity contribution in [1.82, 2.24) is 14.5 Å². The van der Waals surface area contributed by atoms with Gasteiger partial charge in [-0.25, -0.2) is 13.1 Å². The summed E-state index contributed by atoms with van der Waals surface area (Å²) in [6, 6.07) is 15.2. The lowest BCUT2D eigenvalue weighted by molar-refractivity contribution is -0.123. The van der Waals surface area contributed by atoms with Crippen molar-refractivity contribution in [2.75, 3.05) is 30.9 Å². The standard InChI is InChI=1S/C37H52N4O4S/c1-6-46(43,44)39-22-28-10-16-31(17-11-28)37(42)40(35-9-7-8-32(21-35)34-23-38-41(25-34)26(2)3)24-29-12-14-30(15-13-29)33-18-19-36(45-5)27(4)20-33/h7-9,18-21,23,25-26,28-31,39H,6,10-17,22,24H2,1-5H3. The monoisotopic (exact) mass is 648 g/mol. The number of sulfonamides is 1. The number of hydrogen-bond acceptors (Lipinski definition) is 5. The van der Waals surface area contributed by atoms with Gasteiger partial charge in [-0.2, -0.15) is 5.10 Å². The molecule has 0 spiro atoms. The molecule has 9 heteroatoms. The zero-order valence-corrected chi connectivity index (χ0v) is 29.1. The zero-order chi connectivity index (χ0) is 32.8. The molecule has 1 amide bonds. The number of ether oxygens (including phenoxy) is 1. The molecule has 1 heterocycles. The highest BCUT2D eigenvalue weighted by atomic mass is 32.2. The third kappa shape index (κ3) is 8.40. The number of aryl methyl sites for hydroxylation is 1. The maximum Gasteiger partial charge on any atom is 0.230 e. The molecule has 2 saturated carbocycles. The molecular weight excluding hydrogens is 596 g/mol. The Morgan fingerprint density at radius 1 is 1.00 bits per heavy atom. The van der Waals surface area contributed by atoms with Crippen molar-refractivity contribution in [2.24, 2.45) is 17.8 Å². The highest BCUT2D eigenvalue weighted by Gasteiger charge is 2.33. The third-order valence-electron chi connectivity index (χ3n) is 10.2. The summed E-state index contributed by atoms with van der Waals surface area (Å²) >= 11 is 0. The predicted octanol–water partition coefficient (Wildman–Crippen LogP) is 7.50. The molecule has 2 fully saturated rings. The minimum Gasteiger partial charge on any atom is -0.496 e. The fourth-order valence-electron chi connectivity index (χ4n) is 7.22. The molecule has 250 valence electrons. The van der Waals surface area contributed by atoms with E-state index >= 15 is 0 Å². The number of anilines is 1. The molecule has 8 nitrogen and oxygen atoms in total. The van der Waals surface area contributed by atoms with E-state index in [4.69, 9.17) is 4.74 Å². The maximum absolute atomic E-state index is 14.4. The van der Waals surface area contributed by atoms with Crippen LogP contribution >= 0.6 is 0 Å². The number of benzene rings is 2. The van der Waals surface area contributed by atoms with Gasteiger partial charge in [0.1, 0.15) is 5.75 Å². The van der Waals surface area contributed by atoms with Crippen LogP contribution in [0.5, 0.6) is 5.75 Å². The summed E-state index contributed by atoms with van der Waals surface area (Å²) in [4.78, 5) is 16.4. The molecule has 0 radical (unpaired) electrons. The van der Waals surface area contributed by atoms with Crippen LogP contribution in [0.1, 0.15) is 95.2 Å². The van der Waals surface area contributed by atoms with E-state index in [-0.39, 0.29) is 29.5 Å². The smallest absolute Gasteiger partial charge is 0.230 e. The van der Waals surface area contributed by atoms with Crippen LogP contribution in [0.4, 0.5) is 5.69 Å². The average molecular weight is 649 g/mol. The van der Waals surface area contributed by atoms with Gasteiger partial charge < -0.3 is 9.64 Å². The first kappa shape index (κ1) is 34.2. The Kier molecular flexibility index (Phi) is 11.3. The van der Waals surface area contributed by atoms with E-state index < -0.39 is 10.0 Å². The Morgan fingerprint density at radius 3 is 2.35 bits per heavy atom. The summed E-state index contributed by atoms with van der Waals surface area (Å²) in [6.07, 6.45) is 11.7. The second-order valence-electron chi connectivity index (χ2n) is 13.7. The molecule has 0 atom stereocenters. The fraction of sp³-hybridized carbons (Fsp3) is 0.568. The van der Waals surface area contributed by atoms with Crippen LogP contribution in [0, 0.1) is 24.7 Å². The molecule has 2 aliphatic rings. The summed E-state index contributed by atoms with van der Waals surface area (Å²) in [5, 5.41) is 4.54. The molecule has 1 aromatic heterocycles. The van der Waals surface area contributed by atoms with Crippen LogP contribution in [0.3, 0.4) is 0 Å². The molecule has 5 rings (SSSR count). The Labute approximate surface area is 276 Å². The van der Waals surface area contributed by atoms with E-state index in [9.17, 15) is 13.2 Å². The molecule has 0 unspecified atom stereocenters. The number of carbonyl (C=O) groups excluding carboxylic acids is 1. The van der Waals surface area contributed by atoms with Gasteiger partial charge in [-0.05, 0) is 132 Å². The van der Waals surface area contributed by atoms with E-state index in [1.54, 1.807) is 14.0 Å². The summed E-state index contributed by atoms with van der Waals surface area (Å²) in [7, 11) is -1.49. The van der Waals surface area contributed by atoms with E-state index in [1.165, 1.54) is 11.1 Å². The SMILES string of the molecule is CCS(=O)(=O)NCC1CCC(C(=O)N(CC2CCC(c3ccc(OC)c(C)c3)CC2)c2cccc(-c3cnn(C(C)C)c3)c2)CC1. The Balaban J connectivity index is 1.31. The van der Waals surface area contributed by atoms with Crippen LogP contribution in [-0.4, -0.2) is 50.1 Å². The second kappa shape index (κ2) is 15.2. The number of carbonyl (C=O) groups is 1. The lowest BCUT2D eigenvalue weighted by Crippen LogP contribution is -2.42. The lowest BCUT2D eigenvalue weighted by atomic mass is 9.77. The van der Waals surface area contributed by atoms with E-state index in [0.717, 1.165) is 80.5 Å². The van der Waals surface area contributed by atoms with Crippen LogP contribution in [-0.2, 0) is 14.8 Å². The topological polar surface area (TPSA) is 93.5 Å². The molecule has 46 heavy (non-hydrogen) atoms. The van der Waals surface area contributed by atoms with Gasteiger partial charge in [-0.15, -0.1) is 0 Å². The minimum atomic E-state index is -3.21. The molecule has 3 aromatic rings. The highest BCUT2D eigenvalue weighted by Crippen LogP contribution is 2.39. The molecule has 2 aliphatic carbocycles. The number of amides is 1. The van der Waals surface area contributed by atoms with Crippen molar-refractivity contribution in [3.8, 4) is 16.9 Å². The van der Waals surface area contributed by atoms with Crippen molar-refractivity contribution < 1.29 is 17.9 Å². The van der Waals surface area contributed by atoms with Crippen LogP contribution in [0.25, 0.3) is 11.1 Å². The Hall–Kier alpha value is -3.17. The summed E-state index contributed by atoms with van der Waals surface area (Å²) in [6.45, 7) is 9.18. The predicted molar refractivity (Wildman–Crippen MR) is 186 cm³/mol. The number of nitrogens with zero attached hydrogens (tertiary/aromatic N) is 3. The van der Waals surface area contributed by atoms with Crippen LogP contribution in [0.15, 0.2) is 54.9 Å². The molecule has 2 aromatic carbocycles. The summed E-state index contributed by atoms with van der Waals surface area (Å²) in [5.74, 6) is 2.42. The van der Waals surface area contributed by atoms with Crippen molar-refractivity contribution in [1.29, 1.82) is 0 Å². The number of methoxy groups -OCH3 is 1. The normalized spacial score (nSPS) is 22.1. The molecule has 0 bridgehead atoms. The Morgan fingerprint density at radius 2 is 1.72 bits per heavy atom. The third-order valence-corrected chi connectivity index (χ3v) is 11.6. The molecule has 0 aliphatic heterocycles. The van der Waals surface area contributed by atoms with Gasteiger partial charge in [-0.1, -0.05) is 24.3 Å². The fourth-order valence-corrected chi connectivity index (χ4v) is 7.91. The van der Waals surface area contributed by atoms with Crippen molar-refractivity contribution in [3.63, 3.8) is 0 Å². The first-order chi connectivity index (χ1) is 22.1. The van der Waals surface area contributed by atoms with Crippen LogP contribution in [0.2, 0.25) is 0 Å². The van der Waals surface area contributed by atoms with Crippen molar-refractivity contribution in [3.05, 3.63) is 66.0 Å². The van der Waals surface area contributed by atoms with Crippen molar-refractivity contribution in [2.45, 2.75) is 91.0 Å². The summed E-state index contributed by atoms with van der Waals surface area (Å²) in [5.41, 5.74) is 5.62. The Bertz CT molecular complexity index is 1570. The van der Waals surface area contributed by atoms with Gasteiger partial charge in [0.15, 0.2) is 0 Å². The van der Waals surface area contributed by atoms with Gasteiger partial charge in [0.2, 0.25) is 15.9 Å². The number of nitrogens with one attached hydrogen (secondary N) is 1. The van der Waals surface area contributed by atoms with E-state index in [0.29, 0.717) is 18.4 Å². The zero-order valence-electron chi connectivity index (χ0n) is 28.2. The molecule has 1 N–H and O–H groups in total. The van der Waals surface area contributed by atoms with Gasteiger partial charge in [0.05, 0.1) is 19.1 Å². The maximum atomic E-state index is 14.4. The van der Waals surface area contributed by atoms with Gasteiger partial charge in [0, 0.05) is 42.5 Å². The minimum absolute atomic E-state index is 0.0509. The van der Waals surface area contributed by atoms with Gasteiger partial charge in [-0.3, -0.25) is 9.48 Å². The van der Waals surface area contributed by atoms with E-state index in [1.807, 2.05) is 10.9 Å². The number of aromatic nitrogens is 2. The number of hydrogen-bond donors (Lipinski definition) is 1. The highest BCUT2D eigenvalue weighted by molar-refractivity contribution is 7.89.